The maximum atomic E-state index is 12.6. The van der Waals surface area contributed by atoms with Crippen LogP contribution in [0.25, 0.3) is 5.69 Å². The molecule has 3 rings (SSSR count). The maximum Gasteiger partial charge on any atom is 0.308 e. The summed E-state index contributed by atoms with van der Waals surface area (Å²) in [5.74, 6) is -1.87. The second-order valence-corrected chi connectivity index (χ2v) is 7.02. The van der Waals surface area contributed by atoms with Crippen molar-refractivity contribution in [3.05, 3.63) is 46.7 Å². The van der Waals surface area contributed by atoms with Crippen molar-refractivity contribution in [1.29, 1.82) is 0 Å². The molecule has 1 aliphatic rings. The number of halogens is 1. The van der Waals surface area contributed by atoms with E-state index in [0.29, 0.717) is 48.0 Å². The largest absolute Gasteiger partial charge is 0.481 e. The lowest BCUT2D eigenvalue weighted by molar-refractivity contribution is -0.144. The van der Waals surface area contributed by atoms with E-state index in [0.717, 1.165) is 0 Å². The molecule has 27 heavy (non-hydrogen) atoms. The fourth-order valence-electron chi connectivity index (χ4n) is 3.37. The molecule has 1 aromatic heterocycles. The van der Waals surface area contributed by atoms with Crippen LogP contribution >= 0.6 is 11.6 Å². The number of aromatic nitrogens is 2. The van der Waals surface area contributed by atoms with Gasteiger partial charge in [0, 0.05) is 19.8 Å². The number of para-hydroxylation sites is 1. The number of hydrogen-bond acceptors (Lipinski definition) is 4. The first-order chi connectivity index (χ1) is 13.0. The second kappa shape index (κ2) is 8.54. The van der Waals surface area contributed by atoms with Gasteiger partial charge in [0.05, 0.1) is 34.1 Å². The quantitative estimate of drug-likeness (QED) is 0.789. The lowest BCUT2D eigenvalue weighted by Crippen LogP contribution is -2.39. The van der Waals surface area contributed by atoms with Gasteiger partial charge in [-0.1, -0.05) is 23.7 Å². The molecule has 1 unspecified atom stereocenters. The van der Waals surface area contributed by atoms with E-state index in [-0.39, 0.29) is 18.4 Å². The van der Waals surface area contributed by atoms with Gasteiger partial charge >= 0.3 is 5.97 Å². The molecule has 7 nitrogen and oxygen atoms in total. The third-order valence-corrected chi connectivity index (χ3v) is 5.29. The first-order valence-electron chi connectivity index (χ1n) is 8.87. The molecule has 0 spiro atoms. The van der Waals surface area contributed by atoms with Crippen molar-refractivity contribution >= 4 is 23.5 Å². The highest BCUT2D eigenvalue weighted by Gasteiger charge is 2.30. The zero-order valence-electron chi connectivity index (χ0n) is 15.0. The highest BCUT2D eigenvalue weighted by atomic mass is 35.5. The predicted octanol–water partition coefficient (Wildman–Crippen LogP) is 2.69. The van der Waals surface area contributed by atoms with Crippen LogP contribution in [0, 0.1) is 18.8 Å². The van der Waals surface area contributed by atoms with Crippen molar-refractivity contribution in [1.82, 2.24) is 15.1 Å². The van der Waals surface area contributed by atoms with Crippen LogP contribution < -0.4 is 5.32 Å². The smallest absolute Gasteiger partial charge is 0.308 e. The topological polar surface area (TPSA) is 93.5 Å². The summed E-state index contributed by atoms with van der Waals surface area (Å²) in [6.07, 6.45) is 2.85. The molecule has 144 valence electrons. The number of ether oxygens (including phenoxy) is 1. The molecule has 1 fully saturated rings. The van der Waals surface area contributed by atoms with Crippen molar-refractivity contribution in [3.63, 3.8) is 0 Å². The zero-order chi connectivity index (χ0) is 19.4. The standard InChI is InChI=1S/C19H22ClN3O4/c1-12-14(11-22-23(12)17-5-3-2-4-16(17)20)18(24)21-10-15(19(25)26)13-6-8-27-9-7-13/h2-5,11,13,15H,6-10H2,1H3,(H,21,24)(H,25,26). The number of carbonyl (C=O) groups excluding carboxylic acids is 1. The molecule has 0 aliphatic carbocycles. The van der Waals surface area contributed by atoms with Crippen molar-refractivity contribution in [2.45, 2.75) is 19.8 Å². The van der Waals surface area contributed by atoms with Gasteiger partial charge in [0.25, 0.3) is 5.91 Å². The highest BCUT2D eigenvalue weighted by molar-refractivity contribution is 6.32. The number of benzene rings is 1. The molecule has 2 aromatic rings. The molecular weight excluding hydrogens is 370 g/mol. The van der Waals surface area contributed by atoms with Crippen molar-refractivity contribution in [2.75, 3.05) is 19.8 Å². The zero-order valence-corrected chi connectivity index (χ0v) is 15.8. The average Bonchev–Trinajstić information content (AvgIpc) is 3.04. The summed E-state index contributed by atoms with van der Waals surface area (Å²) in [6.45, 7) is 2.98. The van der Waals surface area contributed by atoms with E-state index in [1.807, 2.05) is 18.2 Å². The minimum Gasteiger partial charge on any atom is -0.481 e. The van der Waals surface area contributed by atoms with Gasteiger partial charge in [0.15, 0.2) is 0 Å². The Labute approximate surface area is 162 Å². The Hall–Kier alpha value is -2.38. The van der Waals surface area contributed by atoms with E-state index in [1.54, 1.807) is 17.7 Å². The first-order valence-corrected chi connectivity index (χ1v) is 9.25. The van der Waals surface area contributed by atoms with Gasteiger partial charge in [-0.2, -0.15) is 5.10 Å². The molecule has 1 saturated heterocycles. The molecule has 1 amide bonds. The van der Waals surface area contributed by atoms with E-state index >= 15 is 0 Å². The third-order valence-electron chi connectivity index (χ3n) is 4.97. The summed E-state index contributed by atoms with van der Waals surface area (Å²) in [5.41, 5.74) is 1.71. The van der Waals surface area contributed by atoms with Crippen LogP contribution in [-0.4, -0.2) is 46.5 Å². The number of carbonyl (C=O) groups is 2. The molecule has 1 atom stereocenters. The van der Waals surface area contributed by atoms with Crippen molar-refractivity contribution in [3.8, 4) is 5.69 Å². The van der Waals surface area contributed by atoms with Gasteiger partial charge in [0.1, 0.15) is 0 Å². The van der Waals surface area contributed by atoms with E-state index in [4.69, 9.17) is 16.3 Å². The van der Waals surface area contributed by atoms with Gasteiger partial charge in [-0.05, 0) is 37.8 Å². The number of amides is 1. The molecule has 0 saturated carbocycles. The molecular formula is C19H22ClN3O4. The first kappa shape index (κ1) is 19.4. The van der Waals surface area contributed by atoms with Gasteiger partial charge in [-0.15, -0.1) is 0 Å². The Morgan fingerprint density at radius 3 is 2.74 bits per heavy atom. The number of hydrogen-bond donors (Lipinski definition) is 2. The fourth-order valence-corrected chi connectivity index (χ4v) is 3.59. The molecule has 0 radical (unpaired) electrons. The number of carboxylic acid groups (broad SMARTS) is 1. The van der Waals surface area contributed by atoms with Crippen LogP contribution in [0.4, 0.5) is 0 Å². The Morgan fingerprint density at radius 1 is 1.37 bits per heavy atom. The van der Waals surface area contributed by atoms with Crippen LogP contribution in [0.1, 0.15) is 28.9 Å². The predicted molar refractivity (Wildman–Crippen MR) is 100 cm³/mol. The minimum absolute atomic E-state index is 0.00324. The molecule has 8 heteroatoms. The lowest BCUT2D eigenvalue weighted by atomic mass is 9.86. The Balaban J connectivity index is 1.71. The van der Waals surface area contributed by atoms with Gasteiger partial charge < -0.3 is 15.2 Å². The highest BCUT2D eigenvalue weighted by Crippen LogP contribution is 2.24. The molecule has 0 bridgehead atoms. The number of nitrogens with zero attached hydrogens (tertiary/aromatic N) is 2. The third kappa shape index (κ3) is 4.31. The molecule has 2 heterocycles. The SMILES string of the molecule is Cc1c(C(=O)NCC(C(=O)O)C2CCOCC2)cnn1-c1ccccc1Cl. The molecule has 2 N–H and O–H groups in total. The van der Waals surface area contributed by atoms with Gasteiger partial charge in [0.2, 0.25) is 0 Å². The molecule has 1 aromatic carbocycles. The number of carboxylic acids is 1. The summed E-state index contributed by atoms with van der Waals surface area (Å²) in [7, 11) is 0. The van der Waals surface area contributed by atoms with Crippen LogP contribution in [0.15, 0.2) is 30.5 Å². The van der Waals surface area contributed by atoms with Crippen LogP contribution in [-0.2, 0) is 9.53 Å². The Morgan fingerprint density at radius 2 is 2.07 bits per heavy atom. The van der Waals surface area contributed by atoms with Crippen molar-refractivity contribution in [2.24, 2.45) is 11.8 Å². The maximum absolute atomic E-state index is 12.6. The van der Waals surface area contributed by atoms with E-state index < -0.39 is 11.9 Å². The van der Waals surface area contributed by atoms with E-state index in [1.165, 1.54) is 6.20 Å². The summed E-state index contributed by atoms with van der Waals surface area (Å²) in [6, 6.07) is 7.23. The summed E-state index contributed by atoms with van der Waals surface area (Å²) < 4.78 is 6.89. The van der Waals surface area contributed by atoms with Crippen LogP contribution in [0.3, 0.4) is 0 Å². The average molecular weight is 392 g/mol. The number of rotatable bonds is 6. The van der Waals surface area contributed by atoms with Gasteiger partial charge in [-0.25, -0.2) is 4.68 Å². The lowest BCUT2D eigenvalue weighted by Gasteiger charge is -2.27. The monoisotopic (exact) mass is 391 g/mol. The second-order valence-electron chi connectivity index (χ2n) is 6.61. The van der Waals surface area contributed by atoms with Crippen LogP contribution in [0.2, 0.25) is 5.02 Å². The van der Waals surface area contributed by atoms with Gasteiger partial charge in [-0.3, -0.25) is 9.59 Å². The minimum atomic E-state index is -0.898. The molecule has 1 aliphatic heterocycles. The number of aliphatic carboxylic acids is 1. The fraction of sp³-hybridized carbons (Fsp3) is 0.421. The number of nitrogens with one attached hydrogen (secondary N) is 1. The normalized spacial score (nSPS) is 16.1. The van der Waals surface area contributed by atoms with E-state index in [2.05, 4.69) is 10.4 Å². The van der Waals surface area contributed by atoms with Crippen LogP contribution in [0.5, 0.6) is 0 Å². The van der Waals surface area contributed by atoms with E-state index in [9.17, 15) is 14.7 Å². The van der Waals surface area contributed by atoms with Crippen molar-refractivity contribution < 1.29 is 19.4 Å². The Bertz CT molecular complexity index is 830. The summed E-state index contributed by atoms with van der Waals surface area (Å²) in [5, 5.41) is 17.1. The summed E-state index contributed by atoms with van der Waals surface area (Å²) in [4.78, 5) is 24.2. The Kier molecular flexibility index (Phi) is 6.13. The summed E-state index contributed by atoms with van der Waals surface area (Å²) >= 11 is 6.21.